The molecule has 44 heavy (non-hydrogen) atoms. The zero-order chi connectivity index (χ0) is 32.6. The van der Waals surface area contributed by atoms with Crippen molar-refractivity contribution in [2.75, 3.05) is 20.1 Å². The van der Waals surface area contributed by atoms with Crippen molar-refractivity contribution in [3.8, 4) is 0 Å². The Balaban J connectivity index is 2.19. The van der Waals surface area contributed by atoms with E-state index in [0.29, 0.717) is 38.0 Å². The fourth-order valence-electron chi connectivity index (χ4n) is 4.50. The Morgan fingerprint density at radius 3 is 2.16 bits per heavy atom. The number of nitrogens with one attached hydrogen (secondary N) is 6. The number of nitrogens with two attached hydrogens (primary N) is 4. The fraction of sp³-hybridized carbons (Fsp3) is 0.536. The molecule has 0 saturated carbocycles. The number of amides is 4. The number of hydrogen-bond donors (Lipinski definition) is 11. The standard InChI is InChI=1S/C28H47N11O4S/c1-39-18(16-35-28(39)44)15-22(38-24(41)19(30)10-7-13-34-27(32)33)26(43)36-20(11-5-6-12-29)25(42)37-21(23(31)40)14-17-8-3-2-4-9-17/h2-4,8-9,16,19-22,28,35,44H,5-7,10-15,29-30H2,1H3,(H2,31,40)(H,36,43)(H,37,42)(H,38,41)(H4,32,33,34)/t19?,20-,21-,22-,28?/m0/s1. The Kier molecular flexibility index (Phi) is 15.3. The molecule has 1 aromatic rings. The van der Waals surface area contributed by atoms with Crippen LogP contribution in [0.15, 0.2) is 42.2 Å². The molecule has 0 bridgehead atoms. The van der Waals surface area contributed by atoms with E-state index in [-0.39, 0.29) is 37.1 Å². The van der Waals surface area contributed by atoms with Crippen molar-refractivity contribution in [1.82, 2.24) is 31.5 Å². The molecule has 244 valence electrons. The SMILES string of the molecule is CN1C(C[C@H](NC(=O)C(N)CCCNC(=N)N)C(=O)N[C@@H](CCCCN)C(=O)N[C@@H](Cc2ccccc2)C(N)=O)=CNC1S. The summed E-state index contributed by atoms with van der Waals surface area (Å²) in [5.41, 5.74) is 23.8. The van der Waals surface area contributed by atoms with Gasteiger partial charge in [-0.05, 0) is 44.2 Å². The van der Waals surface area contributed by atoms with Gasteiger partial charge in [0.2, 0.25) is 23.6 Å². The smallest absolute Gasteiger partial charge is 0.243 e. The van der Waals surface area contributed by atoms with E-state index >= 15 is 0 Å². The highest BCUT2D eigenvalue weighted by molar-refractivity contribution is 7.80. The van der Waals surface area contributed by atoms with Crippen LogP contribution in [0.2, 0.25) is 0 Å². The second kappa shape index (κ2) is 18.6. The Morgan fingerprint density at radius 2 is 1.57 bits per heavy atom. The molecule has 1 aromatic carbocycles. The van der Waals surface area contributed by atoms with Crippen molar-refractivity contribution in [3.05, 3.63) is 47.8 Å². The molecule has 0 fully saturated rings. The molecule has 0 spiro atoms. The highest BCUT2D eigenvalue weighted by Gasteiger charge is 2.32. The van der Waals surface area contributed by atoms with E-state index in [4.69, 9.17) is 28.3 Å². The Morgan fingerprint density at radius 1 is 0.932 bits per heavy atom. The van der Waals surface area contributed by atoms with Gasteiger partial charge in [-0.25, -0.2) is 0 Å². The summed E-state index contributed by atoms with van der Waals surface area (Å²) in [6.45, 7) is 0.764. The molecule has 1 aliphatic heterocycles. The lowest BCUT2D eigenvalue weighted by atomic mass is 10.0. The number of rotatable bonds is 19. The maximum Gasteiger partial charge on any atom is 0.243 e. The number of benzene rings is 1. The molecular formula is C28H47N11O4S. The third-order valence-electron chi connectivity index (χ3n) is 7.13. The summed E-state index contributed by atoms with van der Waals surface area (Å²) in [7, 11) is 1.79. The molecule has 1 heterocycles. The molecule has 0 saturated heterocycles. The van der Waals surface area contributed by atoms with Gasteiger partial charge in [0.05, 0.1) is 6.04 Å². The molecule has 5 atom stereocenters. The van der Waals surface area contributed by atoms with E-state index in [2.05, 4.69) is 39.2 Å². The van der Waals surface area contributed by atoms with Gasteiger partial charge in [-0.3, -0.25) is 24.6 Å². The van der Waals surface area contributed by atoms with Crippen LogP contribution in [0, 0.1) is 5.41 Å². The molecule has 2 unspecified atom stereocenters. The third-order valence-corrected chi connectivity index (χ3v) is 7.63. The molecule has 0 aliphatic carbocycles. The number of carbonyl (C=O) groups excluding carboxylic acids is 4. The molecule has 1 aliphatic rings. The van der Waals surface area contributed by atoms with Crippen molar-refractivity contribution < 1.29 is 19.2 Å². The first-order valence-electron chi connectivity index (χ1n) is 14.6. The Labute approximate surface area is 263 Å². The zero-order valence-electron chi connectivity index (χ0n) is 25.1. The van der Waals surface area contributed by atoms with Crippen LogP contribution in [0.4, 0.5) is 0 Å². The molecule has 16 heteroatoms. The van der Waals surface area contributed by atoms with E-state index < -0.39 is 47.8 Å². The summed E-state index contributed by atoms with van der Waals surface area (Å²) in [4.78, 5) is 54.1. The molecule has 2 rings (SSSR count). The van der Waals surface area contributed by atoms with Gasteiger partial charge in [0.25, 0.3) is 0 Å². The number of unbranched alkanes of at least 4 members (excludes halogenated alkanes) is 1. The predicted molar refractivity (Wildman–Crippen MR) is 172 cm³/mol. The summed E-state index contributed by atoms with van der Waals surface area (Å²) in [5.74, 6) is -2.63. The van der Waals surface area contributed by atoms with E-state index in [1.165, 1.54) is 0 Å². The van der Waals surface area contributed by atoms with Gasteiger partial charge in [-0.2, -0.15) is 0 Å². The molecular weight excluding hydrogens is 586 g/mol. The number of hydrogen-bond acceptors (Lipinski definition) is 10. The summed E-state index contributed by atoms with van der Waals surface area (Å²) in [5, 5.41) is 21.1. The highest BCUT2D eigenvalue weighted by atomic mass is 32.1. The van der Waals surface area contributed by atoms with Gasteiger partial charge < -0.3 is 54.4 Å². The lowest BCUT2D eigenvalue weighted by Gasteiger charge is -2.27. The van der Waals surface area contributed by atoms with Gasteiger partial charge in [-0.15, -0.1) is 12.6 Å². The number of nitrogens with zero attached hydrogens (tertiary/aromatic N) is 1. The van der Waals surface area contributed by atoms with Gasteiger partial charge in [0, 0.05) is 38.3 Å². The topological polar surface area (TPSA) is 260 Å². The highest BCUT2D eigenvalue weighted by Crippen LogP contribution is 2.19. The minimum atomic E-state index is -1.08. The number of thiol groups is 1. The molecule has 4 amide bonds. The fourth-order valence-corrected chi connectivity index (χ4v) is 4.72. The van der Waals surface area contributed by atoms with Crippen molar-refractivity contribution >= 4 is 42.2 Å². The summed E-state index contributed by atoms with van der Waals surface area (Å²) in [6, 6.07) is 5.07. The van der Waals surface area contributed by atoms with Crippen LogP contribution in [-0.4, -0.2) is 84.3 Å². The van der Waals surface area contributed by atoms with Gasteiger partial charge in [-0.1, -0.05) is 30.3 Å². The third kappa shape index (κ3) is 12.3. The average Bonchev–Trinajstić information content (AvgIpc) is 3.30. The first kappa shape index (κ1) is 36.2. The van der Waals surface area contributed by atoms with Crippen molar-refractivity contribution in [2.24, 2.45) is 22.9 Å². The number of carbonyl (C=O) groups is 4. The van der Waals surface area contributed by atoms with E-state index in [9.17, 15) is 19.2 Å². The summed E-state index contributed by atoms with van der Waals surface area (Å²) in [6.07, 6.45) is 4.12. The van der Waals surface area contributed by atoms with Crippen LogP contribution in [-0.2, 0) is 25.6 Å². The van der Waals surface area contributed by atoms with E-state index in [1.807, 2.05) is 30.3 Å². The van der Waals surface area contributed by atoms with Crippen LogP contribution in [0.3, 0.4) is 0 Å². The Hall–Kier alpha value is -4.02. The lowest BCUT2D eigenvalue weighted by molar-refractivity contribution is -0.133. The molecule has 15 nitrogen and oxygen atoms in total. The van der Waals surface area contributed by atoms with Crippen LogP contribution >= 0.6 is 12.6 Å². The maximum atomic E-state index is 13.7. The van der Waals surface area contributed by atoms with Crippen molar-refractivity contribution in [2.45, 2.75) is 74.6 Å². The van der Waals surface area contributed by atoms with Gasteiger partial charge in [0.15, 0.2) is 5.96 Å². The zero-order valence-corrected chi connectivity index (χ0v) is 25.9. The van der Waals surface area contributed by atoms with Crippen LogP contribution < -0.4 is 49.5 Å². The van der Waals surface area contributed by atoms with Crippen LogP contribution in [0.5, 0.6) is 0 Å². The second-order valence-electron chi connectivity index (χ2n) is 10.6. The molecule has 0 radical (unpaired) electrons. The molecule has 0 aromatic heterocycles. The van der Waals surface area contributed by atoms with Crippen molar-refractivity contribution in [1.29, 1.82) is 5.41 Å². The van der Waals surface area contributed by atoms with E-state index in [1.54, 1.807) is 18.1 Å². The summed E-state index contributed by atoms with van der Waals surface area (Å²) >= 11 is 4.42. The normalized spacial score (nSPS) is 16.9. The average molecular weight is 634 g/mol. The first-order valence-corrected chi connectivity index (χ1v) is 15.1. The van der Waals surface area contributed by atoms with Crippen LogP contribution in [0.1, 0.15) is 44.1 Å². The van der Waals surface area contributed by atoms with E-state index in [0.717, 1.165) is 5.56 Å². The quantitative estimate of drug-likeness (QED) is 0.0341. The largest absolute Gasteiger partial charge is 0.370 e. The lowest BCUT2D eigenvalue weighted by Crippen LogP contribution is -2.58. The van der Waals surface area contributed by atoms with Crippen LogP contribution in [0.25, 0.3) is 0 Å². The number of primary amides is 1. The monoisotopic (exact) mass is 633 g/mol. The molecule has 14 N–H and O–H groups in total. The van der Waals surface area contributed by atoms with Gasteiger partial charge >= 0.3 is 0 Å². The second-order valence-corrected chi connectivity index (χ2v) is 11.1. The first-order chi connectivity index (χ1) is 20.9. The minimum absolute atomic E-state index is 0.0891. The maximum absolute atomic E-state index is 13.7. The summed E-state index contributed by atoms with van der Waals surface area (Å²) < 4.78 is 0. The Bertz CT molecular complexity index is 1150. The minimum Gasteiger partial charge on any atom is -0.370 e. The number of guanidine groups is 1. The predicted octanol–water partition coefficient (Wildman–Crippen LogP) is -2.13. The van der Waals surface area contributed by atoms with Gasteiger partial charge in [0.1, 0.15) is 23.6 Å². The van der Waals surface area contributed by atoms with Crippen molar-refractivity contribution in [3.63, 3.8) is 0 Å².